The minimum absolute atomic E-state index is 0.0190. The molecule has 1 heterocycles. The first-order chi connectivity index (χ1) is 9.99. The molecule has 1 aromatic rings. The summed E-state index contributed by atoms with van der Waals surface area (Å²) in [7, 11) is 0. The quantitative estimate of drug-likeness (QED) is 0.769. The number of carbonyl (C=O) groups excluding carboxylic acids is 2. The standard InChI is InChI=1S/C16H25NO3S/c1-6-11(7-2)14(18)17-15-13(16(19)20-9-4)12(8-3)10(5)21-15/h11H,6-9H2,1-5H3,(H,17,18). The van der Waals surface area contributed by atoms with Gasteiger partial charge in [0.2, 0.25) is 5.91 Å². The monoisotopic (exact) mass is 311 g/mol. The third-order valence-electron chi connectivity index (χ3n) is 3.64. The largest absolute Gasteiger partial charge is 0.462 e. The van der Waals surface area contributed by atoms with Gasteiger partial charge in [-0.2, -0.15) is 0 Å². The number of anilines is 1. The van der Waals surface area contributed by atoms with E-state index in [-0.39, 0.29) is 17.8 Å². The van der Waals surface area contributed by atoms with Crippen molar-refractivity contribution in [3.05, 3.63) is 16.0 Å². The van der Waals surface area contributed by atoms with Crippen molar-refractivity contribution in [2.75, 3.05) is 11.9 Å². The molecular weight excluding hydrogens is 286 g/mol. The van der Waals surface area contributed by atoms with E-state index >= 15 is 0 Å². The van der Waals surface area contributed by atoms with E-state index in [1.807, 2.05) is 27.7 Å². The normalized spacial score (nSPS) is 10.8. The molecule has 1 rings (SSSR count). The first-order valence-electron chi connectivity index (χ1n) is 7.60. The van der Waals surface area contributed by atoms with Crippen LogP contribution >= 0.6 is 11.3 Å². The van der Waals surface area contributed by atoms with Crippen LogP contribution in [-0.2, 0) is 16.0 Å². The molecule has 21 heavy (non-hydrogen) atoms. The van der Waals surface area contributed by atoms with Crippen LogP contribution in [0.2, 0.25) is 0 Å². The number of nitrogens with one attached hydrogen (secondary N) is 1. The lowest BCUT2D eigenvalue weighted by Crippen LogP contribution is -2.22. The molecule has 0 spiro atoms. The average molecular weight is 311 g/mol. The average Bonchev–Trinajstić information content (AvgIpc) is 2.75. The molecule has 118 valence electrons. The lowest BCUT2D eigenvalue weighted by atomic mass is 10.0. The van der Waals surface area contributed by atoms with E-state index in [1.165, 1.54) is 11.3 Å². The molecule has 0 aromatic carbocycles. The molecule has 0 unspecified atom stereocenters. The van der Waals surface area contributed by atoms with Gasteiger partial charge in [-0.3, -0.25) is 4.79 Å². The van der Waals surface area contributed by atoms with Gasteiger partial charge in [0.15, 0.2) is 0 Å². The molecule has 5 heteroatoms. The van der Waals surface area contributed by atoms with Crippen LogP contribution in [0, 0.1) is 12.8 Å². The summed E-state index contributed by atoms with van der Waals surface area (Å²) in [5, 5.41) is 3.55. The maximum Gasteiger partial charge on any atom is 0.341 e. The van der Waals surface area contributed by atoms with E-state index < -0.39 is 0 Å². The number of carbonyl (C=O) groups is 2. The zero-order valence-corrected chi connectivity index (χ0v) is 14.4. The van der Waals surface area contributed by atoms with E-state index in [0.29, 0.717) is 17.2 Å². The Bertz CT molecular complexity index is 504. The van der Waals surface area contributed by atoms with Gasteiger partial charge in [-0.25, -0.2) is 4.79 Å². The second kappa shape index (κ2) is 8.17. The number of rotatable bonds is 7. The summed E-state index contributed by atoms with van der Waals surface area (Å²) in [6, 6.07) is 0. The highest BCUT2D eigenvalue weighted by Gasteiger charge is 2.24. The van der Waals surface area contributed by atoms with Crippen LogP contribution in [0.1, 0.15) is 61.3 Å². The maximum absolute atomic E-state index is 12.3. The van der Waals surface area contributed by atoms with Gasteiger partial charge in [-0.1, -0.05) is 20.8 Å². The highest BCUT2D eigenvalue weighted by Crippen LogP contribution is 2.34. The zero-order valence-electron chi connectivity index (χ0n) is 13.5. The number of ether oxygens (including phenoxy) is 1. The fourth-order valence-corrected chi connectivity index (χ4v) is 3.52. The molecule has 0 atom stereocenters. The fourth-order valence-electron chi connectivity index (χ4n) is 2.39. The van der Waals surface area contributed by atoms with Crippen LogP contribution in [0.15, 0.2) is 0 Å². The van der Waals surface area contributed by atoms with Crippen molar-refractivity contribution in [1.82, 2.24) is 0 Å². The number of amides is 1. The SMILES string of the molecule is CCOC(=O)c1c(NC(=O)C(CC)CC)sc(C)c1CC. The predicted molar refractivity (Wildman–Crippen MR) is 87.1 cm³/mol. The van der Waals surface area contributed by atoms with Crippen LogP contribution < -0.4 is 5.32 Å². The smallest absolute Gasteiger partial charge is 0.341 e. The fraction of sp³-hybridized carbons (Fsp3) is 0.625. The van der Waals surface area contributed by atoms with E-state index in [4.69, 9.17) is 4.74 Å². The van der Waals surface area contributed by atoms with Gasteiger partial charge >= 0.3 is 5.97 Å². The summed E-state index contributed by atoms with van der Waals surface area (Å²) < 4.78 is 5.14. The lowest BCUT2D eigenvalue weighted by molar-refractivity contribution is -0.120. The van der Waals surface area contributed by atoms with Gasteiger partial charge in [0, 0.05) is 10.8 Å². The number of hydrogen-bond donors (Lipinski definition) is 1. The molecule has 0 bridgehead atoms. The molecule has 0 aliphatic rings. The molecule has 0 radical (unpaired) electrons. The molecule has 1 N–H and O–H groups in total. The first kappa shape index (κ1) is 17.7. The van der Waals surface area contributed by atoms with Crippen LogP contribution in [-0.4, -0.2) is 18.5 Å². The van der Waals surface area contributed by atoms with Gasteiger partial charge < -0.3 is 10.1 Å². The number of thiophene rings is 1. The number of esters is 1. The molecule has 1 aromatic heterocycles. The Hall–Kier alpha value is -1.36. The Morgan fingerprint density at radius 2 is 1.81 bits per heavy atom. The highest BCUT2D eigenvalue weighted by atomic mass is 32.1. The summed E-state index contributed by atoms with van der Waals surface area (Å²) in [6.07, 6.45) is 2.33. The summed E-state index contributed by atoms with van der Waals surface area (Å²) in [6.45, 7) is 10.1. The van der Waals surface area contributed by atoms with Gasteiger partial charge in [-0.05, 0) is 38.7 Å². The summed E-state index contributed by atoms with van der Waals surface area (Å²) >= 11 is 1.45. The molecule has 0 saturated heterocycles. The molecule has 0 aliphatic carbocycles. The highest BCUT2D eigenvalue weighted by molar-refractivity contribution is 7.16. The van der Waals surface area contributed by atoms with E-state index in [1.54, 1.807) is 6.92 Å². The second-order valence-corrected chi connectivity index (χ2v) is 6.14. The molecule has 0 fully saturated rings. The van der Waals surface area contributed by atoms with Crippen molar-refractivity contribution < 1.29 is 14.3 Å². The predicted octanol–water partition coefficient (Wildman–Crippen LogP) is 4.17. The van der Waals surface area contributed by atoms with Crippen molar-refractivity contribution in [3.63, 3.8) is 0 Å². The van der Waals surface area contributed by atoms with E-state index in [0.717, 1.165) is 29.7 Å². The Balaban J connectivity index is 3.12. The summed E-state index contributed by atoms with van der Waals surface area (Å²) in [5.74, 6) is -0.388. The van der Waals surface area contributed by atoms with Gasteiger partial charge in [0.25, 0.3) is 0 Å². The molecule has 1 amide bonds. The Labute approximate surface area is 130 Å². The van der Waals surface area contributed by atoms with Gasteiger partial charge in [0.05, 0.1) is 12.2 Å². The molecular formula is C16H25NO3S. The molecule has 4 nitrogen and oxygen atoms in total. The van der Waals surface area contributed by atoms with Crippen molar-refractivity contribution in [2.45, 2.75) is 53.9 Å². The maximum atomic E-state index is 12.3. The second-order valence-electron chi connectivity index (χ2n) is 4.92. The minimum Gasteiger partial charge on any atom is -0.462 e. The lowest BCUT2D eigenvalue weighted by Gasteiger charge is -2.13. The summed E-state index contributed by atoms with van der Waals surface area (Å²) in [4.78, 5) is 25.5. The van der Waals surface area contributed by atoms with Crippen molar-refractivity contribution in [2.24, 2.45) is 5.92 Å². The van der Waals surface area contributed by atoms with Crippen molar-refractivity contribution >= 4 is 28.2 Å². The minimum atomic E-state index is -0.349. The van der Waals surface area contributed by atoms with Crippen LogP contribution in [0.5, 0.6) is 0 Å². The van der Waals surface area contributed by atoms with Crippen LogP contribution in [0.3, 0.4) is 0 Å². The van der Waals surface area contributed by atoms with Gasteiger partial charge in [-0.15, -0.1) is 11.3 Å². The van der Waals surface area contributed by atoms with Gasteiger partial charge in [0.1, 0.15) is 5.00 Å². The van der Waals surface area contributed by atoms with E-state index in [9.17, 15) is 9.59 Å². The Kier molecular flexibility index (Phi) is 6.89. The first-order valence-corrected chi connectivity index (χ1v) is 8.41. The van der Waals surface area contributed by atoms with Crippen molar-refractivity contribution in [1.29, 1.82) is 0 Å². The van der Waals surface area contributed by atoms with Crippen LogP contribution in [0.25, 0.3) is 0 Å². The van der Waals surface area contributed by atoms with Crippen molar-refractivity contribution in [3.8, 4) is 0 Å². The Morgan fingerprint density at radius 1 is 1.19 bits per heavy atom. The third-order valence-corrected chi connectivity index (χ3v) is 4.70. The molecule has 0 saturated carbocycles. The topological polar surface area (TPSA) is 55.4 Å². The Morgan fingerprint density at radius 3 is 2.29 bits per heavy atom. The van der Waals surface area contributed by atoms with E-state index in [2.05, 4.69) is 5.32 Å². The number of aryl methyl sites for hydroxylation is 1. The zero-order chi connectivity index (χ0) is 16.0. The third kappa shape index (κ3) is 4.06. The number of hydrogen-bond acceptors (Lipinski definition) is 4. The summed E-state index contributed by atoms with van der Waals surface area (Å²) in [5.41, 5.74) is 1.50. The van der Waals surface area contributed by atoms with Crippen LogP contribution in [0.4, 0.5) is 5.00 Å². The molecule has 0 aliphatic heterocycles.